The van der Waals surface area contributed by atoms with Crippen LogP contribution in [0.25, 0.3) is 0 Å². The summed E-state index contributed by atoms with van der Waals surface area (Å²) in [6.07, 6.45) is 2.63. The maximum absolute atomic E-state index is 11.8. The molecule has 1 aliphatic rings. The highest BCUT2D eigenvalue weighted by atomic mass is 32.1. The zero-order valence-electron chi connectivity index (χ0n) is 10.4. The van der Waals surface area contributed by atoms with Gasteiger partial charge in [0.2, 0.25) is 5.91 Å². The van der Waals surface area contributed by atoms with E-state index in [4.69, 9.17) is 0 Å². The Labute approximate surface area is 106 Å². The summed E-state index contributed by atoms with van der Waals surface area (Å²) >= 11 is 1.57. The third kappa shape index (κ3) is 3.26. The minimum atomic E-state index is 0.0927. The number of aryl methyl sites for hydroxylation is 2. The summed E-state index contributed by atoms with van der Waals surface area (Å²) in [6, 6.07) is 0. The molecule has 94 valence electrons. The van der Waals surface area contributed by atoms with Crippen LogP contribution in [0.3, 0.4) is 0 Å². The van der Waals surface area contributed by atoms with Gasteiger partial charge in [0.25, 0.3) is 0 Å². The molecule has 0 spiro atoms. The number of nitrogens with zero attached hydrogens (tertiary/aromatic N) is 1. The predicted octanol–water partition coefficient (Wildman–Crippen LogP) is 1.95. The Balaban J connectivity index is 1.88. The summed E-state index contributed by atoms with van der Waals surface area (Å²) in [5.41, 5.74) is 1.09. The zero-order chi connectivity index (χ0) is 12.3. The van der Waals surface area contributed by atoms with E-state index in [1.807, 2.05) is 6.92 Å². The average molecular weight is 253 g/mol. The van der Waals surface area contributed by atoms with Crippen LogP contribution in [0.5, 0.6) is 0 Å². The summed E-state index contributed by atoms with van der Waals surface area (Å²) in [7, 11) is 0. The number of amides is 1. The predicted molar refractivity (Wildman–Crippen MR) is 70.5 cm³/mol. The molecule has 1 amide bonds. The number of anilines is 1. The highest BCUT2D eigenvalue weighted by Crippen LogP contribution is 2.23. The third-order valence-corrected chi connectivity index (χ3v) is 4.04. The van der Waals surface area contributed by atoms with Crippen LogP contribution < -0.4 is 10.6 Å². The van der Waals surface area contributed by atoms with E-state index in [1.54, 1.807) is 11.3 Å². The molecule has 1 aromatic rings. The van der Waals surface area contributed by atoms with Crippen molar-refractivity contribution in [2.45, 2.75) is 33.1 Å². The molecule has 17 heavy (non-hydrogen) atoms. The second-order valence-electron chi connectivity index (χ2n) is 4.49. The lowest BCUT2D eigenvalue weighted by Gasteiger charge is -2.06. The number of hydrogen-bond acceptors (Lipinski definition) is 4. The van der Waals surface area contributed by atoms with Gasteiger partial charge >= 0.3 is 0 Å². The van der Waals surface area contributed by atoms with Gasteiger partial charge in [-0.25, -0.2) is 4.98 Å². The maximum Gasteiger partial charge on any atom is 0.226 e. The van der Waals surface area contributed by atoms with Crippen LogP contribution in [0.4, 0.5) is 5.13 Å². The standard InChI is InChI=1S/C12H19N3OS/c1-3-10-8(2)17-12(14-10)15-11(16)6-9-4-5-13-7-9/h9,13H,3-7H2,1-2H3,(H,14,15,16). The van der Waals surface area contributed by atoms with E-state index in [0.29, 0.717) is 12.3 Å². The smallest absolute Gasteiger partial charge is 0.226 e. The number of thiazole rings is 1. The first-order valence-corrected chi connectivity index (χ1v) is 6.97. The van der Waals surface area contributed by atoms with Gasteiger partial charge in [0.05, 0.1) is 5.69 Å². The van der Waals surface area contributed by atoms with Gasteiger partial charge in [-0.3, -0.25) is 4.79 Å². The lowest BCUT2D eigenvalue weighted by Crippen LogP contribution is -2.18. The second kappa shape index (κ2) is 5.60. The van der Waals surface area contributed by atoms with Crippen molar-refractivity contribution in [2.75, 3.05) is 18.4 Å². The van der Waals surface area contributed by atoms with Gasteiger partial charge in [0, 0.05) is 11.3 Å². The Bertz CT molecular complexity index is 396. The maximum atomic E-state index is 11.8. The number of hydrogen-bond donors (Lipinski definition) is 2. The van der Waals surface area contributed by atoms with Crippen LogP contribution in [-0.2, 0) is 11.2 Å². The molecule has 0 aromatic carbocycles. The number of rotatable bonds is 4. The minimum absolute atomic E-state index is 0.0927. The average Bonchev–Trinajstić information content (AvgIpc) is 2.88. The molecule has 1 fully saturated rings. The van der Waals surface area contributed by atoms with E-state index in [9.17, 15) is 4.79 Å². The molecule has 1 saturated heterocycles. The van der Waals surface area contributed by atoms with Crippen molar-refractivity contribution in [1.29, 1.82) is 0 Å². The number of nitrogens with one attached hydrogen (secondary N) is 2. The van der Waals surface area contributed by atoms with Crippen molar-refractivity contribution in [3.63, 3.8) is 0 Å². The molecular formula is C12H19N3OS. The van der Waals surface area contributed by atoms with Gasteiger partial charge in [0.15, 0.2) is 5.13 Å². The molecule has 2 N–H and O–H groups in total. The normalized spacial score (nSPS) is 19.5. The van der Waals surface area contributed by atoms with E-state index < -0.39 is 0 Å². The van der Waals surface area contributed by atoms with E-state index in [1.165, 1.54) is 4.88 Å². The second-order valence-corrected chi connectivity index (χ2v) is 5.69. The fraction of sp³-hybridized carbons (Fsp3) is 0.667. The number of aromatic nitrogens is 1. The van der Waals surface area contributed by atoms with Crippen molar-refractivity contribution < 1.29 is 4.79 Å². The number of carbonyl (C=O) groups excluding carboxylic acids is 1. The van der Waals surface area contributed by atoms with Crippen molar-refractivity contribution in [3.05, 3.63) is 10.6 Å². The van der Waals surface area contributed by atoms with Crippen LogP contribution in [0.1, 0.15) is 30.3 Å². The monoisotopic (exact) mass is 253 g/mol. The first-order valence-electron chi connectivity index (χ1n) is 6.16. The highest BCUT2D eigenvalue weighted by molar-refractivity contribution is 7.15. The molecule has 0 radical (unpaired) electrons. The molecule has 1 atom stereocenters. The van der Waals surface area contributed by atoms with Crippen LogP contribution in [0.2, 0.25) is 0 Å². The lowest BCUT2D eigenvalue weighted by atomic mass is 10.1. The Morgan fingerprint density at radius 3 is 3.06 bits per heavy atom. The van der Waals surface area contributed by atoms with E-state index in [0.717, 1.165) is 36.8 Å². The first kappa shape index (κ1) is 12.5. The molecule has 5 heteroatoms. The summed E-state index contributed by atoms with van der Waals surface area (Å²) in [5.74, 6) is 0.580. The van der Waals surface area contributed by atoms with Gasteiger partial charge < -0.3 is 10.6 Å². The molecule has 1 aromatic heterocycles. The molecule has 0 saturated carbocycles. The molecule has 0 bridgehead atoms. The fourth-order valence-corrected chi connectivity index (χ4v) is 3.05. The van der Waals surface area contributed by atoms with Crippen molar-refractivity contribution in [2.24, 2.45) is 5.92 Å². The summed E-state index contributed by atoms with van der Waals surface area (Å²) in [4.78, 5) is 17.4. The molecular weight excluding hydrogens is 234 g/mol. The SMILES string of the molecule is CCc1nc(NC(=O)CC2CCNC2)sc1C. The molecule has 1 aliphatic heterocycles. The zero-order valence-corrected chi connectivity index (χ0v) is 11.2. The highest BCUT2D eigenvalue weighted by Gasteiger charge is 2.18. The van der Waals surface area contributed by atoms with E-state index in [2.05, 4.69) is 22.5 Å². The number of carbonyl (C=O) groups is 1. The summed E-state index contributed by atoms with van der Waals surface area (Å²) < 4.78 is 0. The van der Waals surface area contributed by atoms with Gasteiger partial charge in [0.1, 0.15) is 0 Å². The molecule has 1 unspecified atom stereocenters. The first-order chi connectivity index (χ1) is 8.19. The third-order valence-electron chi connectivity index (χ3n) is 3.11. The van der Waals surface area contributed by atoms with Crippen LogP contribution in [-0.4, -0.2) is 24.0 Å². The summed E-state index contributed by atoms with van der Waals surface area (Å²) in [5, 5.41) is 6.92. The topological polar surface area (TPSA) is 54.0 Å². The largest absolute Gasteiger partial charge is 0.316 e. The van der Waals surface area contributed by atoms with Crippen molar-refractivity contribution in [3.8, 4) is 0 Å². The molecule has 4 nitrogen and oxygen atoms in total. The Kier molecular flexibility index (Phi) is 4.12. The van der Waals surface area contributed by atoms with Crippen LogP contribution >= 0.6 is 11.3 Å². The van der Waals surface area contributed by atoms with Gasteiger partial charge in [-0.15, -0.1) is 11.3 Å². The van der Waals surface area contributed by atoms with E-state index in [-0.39, 0.29) is 5.91 Å². The summed E-state index contributed by atoms with van der Waals surface area (Å²) in [6.45, 7) is 6.13. The Morgan fingerprint density at radius 2 is 2.47 bits per heavy atom. The van der Waals surface area contributed by atoms with Crippen molar-refractivity contribution >= 4 is 22.4 Å². The van der Waals surface area contributed by atoms with Crippen LogP contribution in [0, 0.1) is 12.8 Å². The Hall–Kier alpha value is -0.940. The minimum Gasteiger partial charge on any atom is -0.316 e. The van der Waals surface area contributed by atoms with Gasteiger partial charge in [-0.2, -0.15) is 0 Å². The van der Waals surface area contributed by atoms with E-state index >= 15 is 0 Å². The fourth-order valence-electron chi connectivity index (χ4n) is 2.13. The molecule has 2 heterocycles. The quantitative estimate of drug-likeness (QED) is 0.862. The Morgan fingerprint density at radius 1 is 1.65 bits per heavy atom. The molecule has 0 aliphatic carbocycles. The van der Waals surface area contributed by atoms with Gasteiger partial charge in [-0.05, 0) is 38.8 Å². The lowest BCUT2D eigenvalue weighted by molar-refractivity contribution is -0.116. The van der Waals surface area contributed by atoms with Crippen molar-refractivity contribution in [1.82, 2.24) is 10.3 Å². The molecule has 2 rings (SSSR count). The van der Waals surface area contributed by atoms with Crippen LogP contribution in [0.15, 0.2) is 0 Å². The van der Waals surface area contributed by atoms with Gasteiger partial charge in [-0.1, -0.05) is 6.92 Å².